The van der Waals surface area contributed by atoms with E-state index in [4.69, 9.17) is 5.73 Å². The largest absolute Gasteiger partial charge is 0.389 e. The molecule has 0 radical (unpaired) electrons. The summed E-state index contributed by atoms with van der Waals surface area (Å²) in [4.78, 5) is 0. The normalized spacial score (nSPS) is 36.2. The van der Waals surface area contributed by atoms with Crippen LogP contribution in [-0.4, -0.2) is 17.3 Å². The van der Waals surface area contributed by atoms with Gasteiger partial charge in [0.05, 0.1) is 5.60 Å². The Kier molecular flexibility index (Phi) is 4.19. The van der Waals surface area contributed by atoms with Crippen molar-refractivity contribution in [3.05, 3.63) is 0 Å². The molecule has 2 heteroatoms. The van der Waals surface area contributed by atoms with Gasteiger partial charge in [-0.25, -0.2) is 0 Å². The van der Waals surface area contributed by atoms with Crippen molar-refractivity contribution in [2.45, 2.75) is 64.9 Å². The van der Waals surface area contributed by atoms with Crippen LogP contribution in [-0.2, 0) is 0 Å². The van der Waals surface area contributed by atoms with Crippen LogP contribution in [0.5, 0.6) is 0 Å². The van der Waals surface area contributed by atoms with Crippen molar-refractivity contribution in [1.29, 1.82) is 0 Å². The van der Waals surface area contributed by atoms with Crippen LogP contribution >= 0.6 is 0 Å². The minimum absolute atomic E-state index is 0.0964. The quantitative estimate of drug-likeness (QED) is 0.754. The van der Waals surface area contributed by atoms with Gasteiger partial charge in [0.25, 0.3) is 0 Å². The zero-order valence-electron chi connectivity index (χ0n) is 10.6. The van der Waals surface area contributed by atoms with E-state index in [1.54, 1.807) is 0 Å². The number of aliphatic hydroxyl groups is 1. The Labute approximate surface area is 94.2 Å². The first-order valence-corrected chi connectivity index (χ1v) is 6.44. The number of hydrogen-bond acceptors (Lipinski definition) is 2. The van der Waals surface area contributed by atoms with E-state index in [9.17, 15) is 5.11 Å². The Bertz CT molecular complexity index is 201. The monoisotopic (exact) mass is 213 g/mol. The van der Waals surface area contributed by atoms with Crippen molar-refractivity contribution in [3.63, 3.8) is 0 Å². The molecule has 0 aliphatic heterocycles. The minimum Gasteiger partial charge on any atom is -0.389 e. The molecule has 3 N–H and O–H groups in total. The molecule has 0 heterocycles. The Morgan fingerprint density at radius 2 is 2.13 bits per heavy atom. The summed E-state index contributed by atoms with van der Waals surface area (Å²) < 4.78 is 0. The average molecular weight is 213 g/mol. The standard InChI is InChI=1S/C13H27NO/c1-4-11-7-6-8-13(15,9-11)12(3,5-2)10-14/h11,15H,4-10,14H2,1-3H3. The van der Waals surface area contributed by atoms with Crippen LogP contribution in [0.15, 0.2) is 0 Å². The van der Waals surface area contributed by atoms with Crippen LogP contribution in [0.1, 0.15) is 59.3 Å². The van der Waals surface area contributed by atoms with Crippen LogP contribution in [0, 0.1) is 11.3 Å². The zero-order chi connectivity index (χ0) is 11.5. The first-order chi connectivity index (χ1) is 7.01. The molecule has 1 aliphatic rings. The Balaban J connectivity index is 2.79. The lowest BCUT2D eigenvalue weighted by atomic mass is 9.62. The zero-order valence-corrected chi connectivity index (χ0v) is 10.6. The highest BCUT2D eigenvalue weighted by molar-refractivity contribution is 4.99. The maximum atomic E-state index is 10.8. The lowest BCUT2D eigenvalue weighted by molar-refractivity contribution is -0.112. The number of rotatable bonds is 4. The van der Waals surface area contributed by atoms with E-state index < -0.39 is 5.60 Å². The van der Waals surface area contributed by atoms with E-state index in [2.05, 4.69) is 20.8 Å². The van der Waals surface area contributed by atoms with Crippen LogP contribution in [0.4, 0.5) is 0 Å². The van der Waals surface area contributed by atoms with Gasteiger partial charge in [0.1, 0.15) is 0 Å². The topological polar surface area (TPSA) is 46.2 Å². The minimum atomic E-state index is -0.518. The molecule has 0 bridgehead atoms. The molecule has 0 aromatic carbocycles. The van der Waals surface area contributed by atoms with Crippen LogP contribution in [0.2, 0.25) is 0 Å². The molecule has 0 aromatic heterocycles. The lowest BCUT2D eigenvalue weighted by Gasteiger charge is -2.48. The summed E-state index contributed by atoms with van der Waals surface area (Å²) in [5.74, 6) is 0.696. The molecule has 2 nitrogen and oxygen atoms in total. The van der Waals surface area contributed by atoms with Gasteiger partial charge in [-0.15, -0.1) is 0 Å². The second-order valence-electron chi connectivity index (χ2n) is 5.52. The van der Waals surface area contributed by atoms with Gasteiger partial charge in [-0.2, -0.15) is 0 Å². The summed E-state index contributed by atoms with van der Waals surface area (Å²) in [6.07, 6.45) is 6.48. The van der Waals surface area contributed by atoms with Gasteiger partial charge in [-0.3, -0.25) is 0 Å². The SMILES string of the molecule is CCC1CCCC(O)(C(C)(CC)CN)C1. The van der Waals surface area contributed by atoms with Gasteiger partial charge in [0.15, 0.2) is 0 Å². The van der Waals surface area contributed by atoms with Crippen LogP contribution in [0.25, 0.3) is 0 Å². The molecule has 3 unspecified atom stereocenters. The fraction of sp³-hybridized carbons (Fsp3) is 1.00. The molecule has 15 heavy (non-hydrogen) atoms. The summed E-state index contributed by atoms with van der Waals surface area (Å²) in [5, 5.41) is 10.8. The van der Waals surface area contributed by atoms with Gasteiger partial charge in [-0.05, 0) is 25.2 Å². The summed E-state index contributed by atoms with van der Waals surface area (Å²) in [5.41, 5.74) is 5.25. The van der Waals surface area contributed by atoms with Crippen LogP contribution in [0.3, 0.4) is 0 Å². The van der Waals surface area contributed by atoms with Crippen molar-refractivity contribution >= 4 is 0 Å². The van der Waals surface area contributed by atoms with E-state index in [0.717, 1.165) is 25.7 Å². The Morgan fingerprint density at radius 1 is 1.47 bits per heavy atom. The van der Waals surface area contributed by atoms with Crippen LogP contribution < -0.4 is 5.73 Å². The van der Waals surface area contributed by atoms with E-state index >= 15 is 0 Å². The summed E-state index contributed by atoms with van der Waals surface area (Å²) in [7, 11) is 0. The van der Waals surface area contributed by atoms with E-state index in [1.165, 1.54) is 12.8 Å². The van der Waals surface area contributed by atoms with Gasteiger partial charge in [0, 0.05) is 12.0 Å². The summed E-state index contributed by atoms with van der Waals surface area (Å²) in [6.45, 7) is 7.10. The highest BCUT2D eigenvalue weighted by Crippen LogP contribution is 2.46. The molecule has 0 saturated heterocycles. The fourth-order valence-corrected chi connectivity index (χ4v) is 2.92. The number of nitrogens with two attached hydrogens (primary N) is 1. The van der Waals surface area contributed by atoms with E-state index in [-0.39, 0.29) is 5.41 Å². The van der Waals surface area contributed by atoms with Gasteiger partial charge in [-0.1, -0.05) is 40.0 Å². The third-order valence-electron chi connectivity index (χ3n) is 4.76. The van der Waals surface area contributed by atoms with Crippen molar-refractivity contribution in [2.24, 2.45) is 17.1 Å². The second kappa shape index (κ2) is 4.84. The van der Waals surface area contributed by atoms with Crippen molar-refractivity contribution < 1.29 is 5.11 Å². The second-order valence-corrected chi connectivity index (χ2v) is 5.52. The fourth-order valence-electron chi connectivity index (χ4n) is 2.92. The summed E-state index contributed by atoms with van der Waals surface area (Å²) in [6, 6.07) is 0. The third kappa shape index (κ3) is 2.36. The Hall–Kier alpha value is -0.0800. The van der Waals surface area contributed by atoms with Gasteiger partial charge >= 0.3 is 0 Å². The molecule has 1 fully saturated rings. The number of hydrogen-bond donors (Lipinski definition) is 2. The predicted octanol–water partition coefficient (Wildman–Crippen LogP) is 2.69. The molecule has 1 aliphatic carbocycles. The molecule has 1 rings (SSSR count). The predicted molar refractivity (Wildman–Crippen MR) is 64.7 cm³/mol. The molecular weight excluding hydrogens is 186 g/mol. The molecule has 1 saturated carbocycles. The first kappa shape index (κ1) is 13.0. The molecular formula is C13H27NO. The third-order valence-corrected chi connectivity index (χ3v) is 4.76. The molecule has 0 spiro atoms. The Morgan fingerprint density at radius 3 is 2.60 bits per heavy atom. The van der Waals surface area contributed by atoms with Crippen molar-refractivity contribution in [1.82, 2.24) is 0 Å². The molecule has 0 amide bonds. The summed E-state index contributed by atoms with van der Waals surface area (Å²) >= 11 is 0. The van der Waals surface area contributed by atoms with Crippen molar-refractivity contribution in [3.8, 4) is 0 Å². The molecule has 0 aromatic rings. The maximum absolute atomic E-state index is 10.8. The van der Waals surface area contributed by atoms with Gasteiger partial charge in [0.2, 0.25) is 0 Å². The first-order valence-electron chi connectivity index (χ1n) is 6.44. The molecule has 3 atom stereocenters. The van der Waals surface area contributed by atoms with Crippen molar-refractivity contribution in [2.75, 3.05) is 6.54 Å². The highest BCUT2D eigenvalue weighted by Gasteiger charge is 2.46. The highest BCUT2D eigenvalue weighted by atomic mass is 16.3. The van der Waals surface area contributed by atoms with Gasteiger partial charge < -0.3 is 10.8 Å². The smallest absolute Gasteiger partial charge is 0.0715 e. The lowest BCUT2D eigenvalue weighted by Crippen LogP contribution is -2.53. The van der Waals surface area contributed by atoms with E-state index in [0.29, 0.717) is 12.5 Å². The average Bonchev–Trinajstić information content (AvgIpc) is 2.27. The molecule has 90 valence electrons. The maximum Gasteiger partial charge on any atom is 0.0715 e. The van der Waals surface area contributed by atoms with E-state index in [1.807, 2.05) is 0 Å².